The fraction of sp³-hybridized carbons (Fsp3) is 0.400. The van der Waals surface area contributed by atoms with Gasteiger partial charge in [-0.1, -0.05) is 30.3 Å². The van der Waals surface area contributed by atoms with Crippen molar-refractivity contribution in [2.45, 2.75) is 38.6 Å². The summed E-state index contributed by atoms with van der Waals surface area (Å²) in [6.45, 7) is 2.67. The first-order valence-corrected chi connectivity index (χ1v) is 8.78. The van der Waals surface area contributed by atoms with Crippen LogP contribution in [0.2, 0.25) is 0 Å². The number of carbonyl (C=O) groups is 1. The van der Waals surface area contributed by atoms with Gasteiger partial charge < -0.3 is 23.7 Å². The second-order valence-electron chi connectivity index (χ2n) is 6.31. The van der Waals surface area contributed by atoms with Crippen LogP contribution in [-0.4, -0.2) is 35.9 Å². The minimum absolute atomic E-state index is 0.0492. The second kappa shape index (κ2) is 8.83. The van der Waals surface area contributed by atoms with Crippen LogP contribution in [-0.2, 0) is 25.6 Å². The summed E-state index contributed by atoms with van der Waals surface area (Å²) >= 11 is 0. The molecule has 7 nitrogen and oxygen atoms in total. The lowest BCUT2D eigenvalue weighted by Crippen LogP contribution is -2.30. The molecule has 3 rings (SSSR count). The molecule has 2 heterocycles. The SMILES string of the molecule is COC(=O)C1=C(O)C[C@H](CCOCc2ccccc2)O[C@@H]1c1coc(C)n1. The number of carbonyl (C=O) groups excluding carboxylic acids is 1. The quantitative estimate of drug-likeness (QED) is 0.587. The molecule has 1 aromatic heterocycles. The van der Waals surface area contributed by atoms with Gasteiger partial charge in [0.1, 0.15) is 29.4 Å². The van der Waals surface area contributed by atoms with Gasteiger partial charge in [-0.05, 0) is 12.0 Å². The number of aryl methyl sites for hydroxylation is 1. The number of esters is 1. The normalized spacial score (nSPS) is 19.9. The average Bonchev–Trinajstić information content (AvgIpc) is 3.11. The van der Waals surface area contributed by atoms with Gasteiger partial charge >= 0.3 is 5.97 Å². The molecule has 1 N–H and O–H groups in total. The van der Waals surface area contributed by atoms with Crippen LogP contribution in [0.25, 0.3) is 0 Å². The van der Waals surface area contributed by atoms with E-state index in [0.717, 1.165) is 5.56 Å². The largest absolute Gasteiger partial charge is 0.512 e. The minimum atomic E-state index is -0.831. The van der Waals surface area contributed by atoms with Gasteiger partial charge in [0.15, 0.2) is 5.89 Å². The zero-order valence-corrected chi connectivity index (χ0v) is 15.4. The molecule has 0 saturated heterocycles. The number of nitrogens with zero attached hydrogens (tertiary/aromatic N) is 1. The van der Waals surface area contributed by atoms with E-state index in [4.69, 9.17) is 18.6 Å². The molecular weight excluding hydrogens is 350 g/mol. The third-order valence-electron chi connectivity index (χ3n) is 4.33. The van der Waals surface area contributed by atoms with Crippen LogP contribution in [0.15, 0.2) is 52.3 Å². The van der Waals surface area contributed by atoms with Crippen molar-refractivity contribution in [1.29, 1.82) is 0 Å². The van der Waals surface area contributed by atoms with Crippen LogP contribution in [0, 0.1) is 6.92 Å². The Kier molecular flexibility index (Phi) is 6.26. The van der Waals surface area contributed by atoms with Gasteiger partial charge in [0, 0.05) is 20.0 Å². The van der Waals surface area contributed by atoms with E-state index < -0.39 is 12.1 Å². The Hall–Kier alpha value is -2.64. The Labute approximate surface area is 157 Å². The molecule has 27 heavy (non-hydrogen) atoms. The first-order valence-electron chi connectivity index (χ1n) is 8.78. The highest BCUT2D eigenvalue weighted by Crippen LogP contribution is 2.36. The number of ether oxygens (including phenoxy) is 3. The number of rotatable bonds is 7. The van der Waals surface area contributed by atoms with Gasteiger partial charge in [-0.15, -0.1) is 0 Å². The summed E-state index contributed by atoms with van der Waals surface area (Å²) in [6, 6.07) is 9.88. The van der Waals surface area contributed by atoms with E-state index in [1.165, 1.54) is 13.4 Å². The lowest BCUT2D eigenvalue weighted by molar-refractivity contribution is -0.140. The van der Waals surface area contributed by atoms with Crippen molar-refractivity contribution in [3.63, 3.8) is 0 Å². The lowest BCUT2D eigenvalue weighted by Gasteiger charge is -2.30. The highest BCUT2D eigenvalue weighted by Gasteiger charge is 2.37. The van der Waals surface area contributed by atoms with E-state index in [1.807, 2.05) is 30.3 Å². The minimum Gasteiger partial charge on any atom is -0.512 e. The summed E-state index contributed by atoms with van der Waals surface area (Å²) in [5, 5.41) is 10.4. The topological polar surface area (TPSA) is 91.0 Å². The Morgan fingerprint density at radius 1 is 1.33 bits per heavy atom. The number of hydrogen-bond acceptors (Lipinski definition) is 7. The molecule has 0 aliphatic carbocycles. The van der Waals surface area contributed by atoms with Crippen LogP contribution in [0.1, 0.15) is 36.1 Å². The Bertz CT molecular complexity index is 798. The number of hydrogen-bond donors (Lipinski definition) is 1. The van der Waals surface area contributed by atoms with Crippen molar-refractivity contribution >= 4 is 5.97 Å². The molecule has 1 aliphatic heterocycles. The van der Waals surface area contributed by atoms with Gasteiger partial charge in [-0.2, -0.15) is 0 Å². The number of aliphatic hydroxyl groups is 1. The summed E-state index contributed by atoms with van der Waals surface area (Å²) in [5.74, 6) is -0.241. The monoisotopic (exact) mass is 373 g/mol. The molecule has 2 aromatic rings. The van der Waals surface area contributed by atoms with Crippen molar-refractivity contribution in [1.82, 2.24) is 4.98 Å². The van der Waals surface area contributed by atoms with E-state index in [2.05, 4.69) is 4.98 Å². The summed E-state index contributed by atoms with van der Waals surface area (Å²) in [6.07, 6.45) is 1.06. The van der Waals surface area contributed by atoms with Crippen molar-refractivity contribution < 1.29 is 28.5 Å². The molecule has 2 atom stereocenters. The van der Waals surface area contributed by atoms with Gasteiger partial charge in [0.05, 0.1) is 19.8 Å². The molecule has 0 unspecified atom stereocenters. The molecule has 144 valence electrons. The van der Waals surface area contributed by atoms with E-state index in [9.17, 15) is 9.90 Å². The van der Waals surface area contributed by atoms with E-state index in [1.54, 1.807) is 6.92 Å². The zero-order chi connectivity index (χ0) is 19.2. The molecule has 0 radical (unpaired) electrons. The van der Waals surface area contributed by atoms with Gasteiger partial charge in [-0.25, -0.2) is 9.78 Å². The maximum Gasteiger partial charge on any atom is 0.340 e. The predicted octanol–water partition coefficient (Wildman–Crippen LogP) is 3.41. The maximum atomic E-state index is 12.1. The smallest absolute Gasteiger partial charge is 0.340 e. The lowest BCUT2D eigenvalue weighted by atomic mass is 9.97. The molecule has 0 bridgehead atoms. The number of aliphatic hydroxyl groups excluding tert-OH is 1. The van der Waals surface area contributed by atoms with Crippen LogP contribution >= 0.6 is 0 Å². The Morgan fingerprint density at radius 3 is 2.78 bits per heavy atom. The first kappa shape index (κ1) is 19.1. The summed E-state index contributed by atoms with van der Waals surface area (Å²) < 4.78 is 21.7. The summed E-state index contributed by atoms with van der Waals surface area (Å²) in [5.41, 5.74) is 1.58. The second-order valence-corrected chi connectivity index (χ2v) is 6.31. The van der Waals surface area contributed by atoms with E-state index in [-0.39, 0.29) is 23.9 Å². The maximum absolute atomic E-state index is 12.1. The third kappa shape index (κ3) is 4.75. The standard InChI is InChI=1S/C20H23NO6/c1-13-21-16(12-26-13)19-18(20(23)24-2)17(22)10-15(27-19)8-9-25-11-14-6-4-3-5-7-14/h3-7,12,15,19,22H,8-11H2,1-2H3/t15-,19+/m0/s1. The molecule has 7 heteroatoms. The van der Waals surface area contributed by atoms with Gasteiger partial charge in [-0.3, -0.25) is 0 Å². The molecule has 0 saturated carbocycles. The summed E-state index contributed by atoms with van der Waals surface area (Å²) in [4.78, 5) is 16.3. The predicted molar refractivity (Wildman–Crippen MR) is 95.9 cm³/mol. The van der Waals surface area contributed by atoms with Crippen LogP contribution in [0.5, 0.6) is 0 Å². The number of methoxy groups -OCH3 is 1. The van der Waals surface area contributed by atoms with Gasteiger partial charge in [0.25, 0.3) is 0 Å². The van der Waals surface area contributed by atoms with Crippen LogP contribution < -0.4 is 0 Å². The molecule has 0 spiro atoms. The van der Waals surface area contributed by atoms with Crippen molar-refractivity contribution in [2.75, 3.05) is 13.7 Å². The van der Waals surface area contributed by atoms with E-state index in [0.29, 0.717) is 31.2 Å². The molecule has 0 amide bonds. The zero-order valence-electron chi connectivity index (χ0n) is 15.4. The van der Waals surface area contributed by atoms with Crippen molar-refractivity contribution in [3.8, 4) is 0 Å². The Morgan fingerprint density at radius 2 is 2.11 bits per heavy atom. The first-order chi connectivity index (χ1) is 13.1. The molecule has 0 fully saturated rings. The van der Waals surface area contributed by atoms with Crippen molar-refractivity contribution in [3.05, 3.63) is 65.1 Å². The highest BCUT2D eigenvalue weighted by atomic mass is 16.5. The number of benzene rings is 1. The van der Waals surface area contributed by atoms with Gasteiger partial charge in [0.2, 0.25) is 0 Å². The molecular formula is C20H23NO6. The summed E-state index contributed by atoms with van der Waals surface area (Å²) in [7, 11) is 1.26. The fourth-order valence-corrected chi connectivity index (χ4v) is 2.99. The van der Waals surface area contributed by atoms with E-state index >= 15 is 0 Å². The Balaban J connectivity index is 1.64. The number of oxazole rings is 1. The fourth-order valence-electron chi connectivity index (χ4n) is 2.99. The van der Waals surface area contributed by atoms with Crippen LogP contribution in [0.3, 0.4) is 0 Å². The molecule has 1 aliphatic rings. The number of aromatic nitrogens is 1. The highest BCUT2D eigenvalue weighted by molar-refractivity contribution is 5.90. The third-order valence-corrected chi connectivity index (χ3v) is 4.33. The average molecular weight is 373 g/mol. The van der Waals surface area contributed by atoms with Crippen molar-refractivity contribution in [2.24, 2.45) is 0 Å². The molecule has 1 aromatic carbocycles. The van der Waals surface area contributed by atoms with Crippen LogP contribution in [0.4, 0.5) is 0 Å².